The Balaban J connectivity index is 2.71. The highest BCUT2D eigenvalue weighted by Crippen LogP contribution is 2.32. The molecule has 0 spiro atoms. The zero-order chi connectivity index (χ0) is 9.90. The van der Waals surface area contributed by atoms with Crippen molar-refractivity contribution in [3.05, 3.63) is 24.0 Å². The highest BCUT2D eigenvalue weighted by atomic mass is 16.3. The monoisotopic (exact) mass is 182 g/mol. The fourth-order valence-electron chi connectivity index (χ4n) is 1.51. The van der Waals surface area contributed by atoms with Gasteiger partial charge in [0.2, 0.25) is 0 Å². The van der Waals surface area contributed by atoms with Crippen LogP contribution in [0.2, 0.25) is 0 Å². The molecule has 3 nitrogen and oxygen atoms in total. The highest BCUT2D eigenvalue weighted by molar-refractivity contribution is 5.14. The van der Waals surface area contributed by atoms with Crippen LogP contribution in [0.1, 0.15) is 25.5 Å². The van der Waals surface area contributed by atoms with E-state index in [1.54, 1.807) is 0 Å². The third-order valence-corrected chi connectivity index (χ3v) is 2.31. The minimum atomic E-state index is -0.425. The number of rotatable bonds is 4. The lowest BCUT2D eigenvalue weighted by Crippen LogP contribution is -2.32. The summed E-state index contributed by atoms with van der Waals surface area (Å²) < 4.78 is 0. The van der Waals surface area contributed by atoms with Gasteiger partial charge in [-0.05, 0) is 18.7 Å². The first-order valence-electron chi connectivity index (χ1n) is 4.53. The number of hydrogen-bond acceptors (Lipinski definition) is 2. The molecule has 1 aromatic rings. The van der Waals surface area contributed by atoms with Crippen LogP contribution in [0.25, 0.3) is 0 Å². The second kappa shape index (κ2) is 3.94. The topological polar surface area (TPSA) is 48.0 Å². The predicted molar refractivity (Wildman–Crippen MR) is 53.5 cm³/mol. The molecule has 1 atom stereocenters. The van der Waals surface area contributed by atoms with E-state index in [0.29, 0.717) is 0 Å². The van der Waals surface area contributed by atoms with E-state index in [2.05, 4.69) is 10.3 Å². The van der Waals surface area contributed by atoms with Gasteiger partial charge in [-0.2, -0.15) is 0 Å². The summed E-state index contributed by atoms with van der Waals surface area (Å²) in [5.74, 6) is 0. The van der Waals surface area contributed by atoms with Gasteiger partial charge in [0.1, 0.15) is 0 Å². The molecular weight excluding hydrogens is 164 g/mol. The molecule has 0 amide bonds. The first kappa shape index (κ1) is 10.3. The van der Waals surface area contributed by atoms with Crippen molar-refractivity contribution >= 4 is 0 Å². The second-order valence-electron chi connectivity index (χ2n) is 4.07. The Bertz CT molecular complexity index is 241. The van der Waals surface area contributed by atoms with Crippen LogP contribution < -0.4 is 5.32 Å². The summed E-state index contributed by atoms with van der Waals surface area (Å²) in [6.45, 7) is 4.88. The molecule has 3 N–H and O–H groups in total. The lowest BCUT2D eigenvalue weighted by Gasteiger charge is -2.29. The summed E-state index contributed by atoms with van der Waals surface area (Å²) in [5, 5.41) is 13.1. The van der Waals surface area contributed by atoms with E-state index in [1.165, 1.54) is 0 Å². The molecule has 0 saturated heterocycles. The van der Waals surface area contributed by atoms with E-state index in [9.17, 15) is 5.11 Å². The third kappa shape index (κ3) is 2.32. The van der Waals surface area contributed by atoms with Gasteiger partial charge in [-0.3, -0.25) is 0 Å². The fraction of sp³-hybridized carbons (Fsp3) is 0.600. The summed E-state index contributed by atoms with van der Waals surface area (Å²) in [7, 11) is 1.89. The van der Waals surface area contributed by atoms with Crippen molar-refractivity contribution in [3.63, 3.8) is 0 Å². The molecule has 0 fully saturated rings. The first-order chi connectivity index (χ1) is 6.08. The van der Waals surface area contributed by atoms with Crippen molar-refractivity contribution in [1.82, 2.24) is 10.3 Å². The molecule has 1 rings (SSSR count). The van der Waals surface area contributed by atoms with Crippen LogP contribution in [0.15, 0.2) is 18.5 Å². The molecule has 0 radical (unpaired) electrons. The normalized spacial score (nSPS) is 14.5. The summed E-state index contributed by atoms with van der Waals surface area (Å²) in [4.78, 5) is 2.94. The molecule has 0 aliphatic heterocycles. The van der Waals surface area contributed by atoms with Crippen LogP contribution in [0.3, 0.4) is 0 Å². The molecular formula is C10H18N2O. The lowest BCUT2D eigenvalue weighted by molar-refractivity contribution is 0.0507. The zero-order valence-electron chi connectivity index (χ0n) is 8.46. The summed E-state index contributed by atoms with van der Waals surface area (Å²) in [5.41, 5.74) is 0.803. The molecule has 0 aromatic carbocycles. The van der Waals surface area contributed by atoms with Gasteiger partial charge in [-0.15, -0.1) is 0 Å². The van der Waals surface area contributed by atoms with Crippen LogP contribution in [0.4, 0.5) is 0 Å². The average Bonchev–Trinajstić information content (AvgIpc) is 2.54. The van der Waals surface area contributed by atoms with E-state index in [4.69, 9.17) is 0 Å². The molecule has 1 heterocycles. The van der Waals surface area contributed by atoms with Crippen LogP contribution in [0, 0.1) is 5.41 Å². The maximum Gasteiger partial charge on any atom is 0.0867 e. The van der Waals surface area contributed by atoms with Gasteiger partial charge in [0.15, 0.2) is 0 Å². The van der Waals surface area contributed by atoms with E-state index in [1.807, 2.05) is 39.4 Å². The maximum absolute atomic E-state index is 10.0. The first-order valence-corrected chi connectivity index (χ1v) is 4.53. The van der Waals surface area contributed by atoms with Gasteiger partial charge in [0.05, 0.1) is 6.10 Å². The smallest absolute Gasteiger partial charge is 0.0867 e. The van der Waals surface area contributed by atoms with Gasteiger partial charge < -0.3 is 15.4 Å². The molecule has 0 saturated carbocycles. The third-order valence-electron chi connectivity index (χ3n) is 2.31. The summed E-state index contributed by atoms with van der Waals surface area (Å²) >= 11 is 0. The van der Waals surface area contributed by atoms with Crippen molar-refractivity contribution in [2.24, 2.45) is 5.41 Å². The quantitative estimate of drug-likeness (QED) is 0.657. The van der Waals surface area contributed by atoms with E-state index in [-0.39, 0.29) is 5.41 Å². The standard InChI is InChI=1S/C10H18N2O/c1-10(2,7-11-3)9(13)8-4-5-12-6-8/h4-6,9,11-13H,7H2,1-3H3. The van der Waals surface area contributed by atoms with Gasteiger partial charge in [-0.1, -0.05) is 13.8 Å². The van der Waals surface area contributed by atoms with Crippen molar-refractivity contribution in [1.29, 1.82) is 0 Å². The number of H-pyrrole nitrogens is 1. The Morgan fingerprint density at radius 1 is 1.62 bits per heavy atom. The van der Waals surface area contributed by atoms with Crippen molar-refractivity contribution < 1.29 is 5.11 Å². The van der Waals surface area contributed by atoms with E-state index >= 15 is 0 Å². The maximum atomic E-state index is 10.0. The molecule has 74 valence electrons. The van der Waals surface area contributed by atoms with E-state index in [0.717, 1.165) is 12.1 Å². The molecule has 0 aliphatic carbocycles. The number of aliphatic hydroxyl groups is 1. The van der Waals surface area contributed by atoms with Gasteiger partial charge >= 0.3 is 0 Å². The molecule has 1 aromatic heterocycles. The highest BCUT2D eigenvalue weighted by Gasteiger charge is 2.28. The minimum Gasteiger partial charge on any atom is -0.388 e. The summed E-state index contributed by atoms with van der Waals surface area (Å²) in [6, 6.07) is 1.90. The van der Waals surface area contributed by atoms with Crippen LogP contribution in [-0.2, 0) is 0 Å². The number of aromatic nitrogens is 1. The van der Waals surface area contributed by atoms with Crippen LogP contribution in [0.5, 0.6) is 0 Å². The van der Waals surface area contributed by atoms with Crippen LogP contribution in [-0.4, -0.2) is 23.7 Å². The van der Waals surface area contributed by atoms with Crippen LogP contribution >= 0.6 is 0 Å². The van der Waals surface area contributed by atoms with Crippen molar-refractivity contribution in [2.75, 3.05) is 13.6 Å². The Morgan fingerprint density at radius 3 is 2.77 bits per heavy atom. The molecule has 0 bridgehead atoms. The average molecular weight is 182 g/mol. The Morgan fingerprint density at radius 2 is 2.31 bits per heavy atom. The summed E-state index contributed by atoms with van der Waals surface area (Å²) in [6.07, 6.45) is 3.24. The Hall–Kier alpha value is -0.800. The molecule has 0 aliphatic rings. The second-order valence-corrected chi connectivity index (χ2v) is 4.07. The zero-order valence-corrected chi connectivity index (χ0v) is 8.46. The molecule has 3 heteroatoms. The SMILES string of the molecule is CNCC(C)(C)C(O)c1cc[nH]c1. The number of nitrogens with one attached hydrogen (secondary N) is 2. The largest absolute Gasteiger partial charge is 0.388 e. The van der Waals surface area contributed by atoms with Gasteiger partial charge in [-0.25, -0.2) is 0 Å². The lowest BCUT2D eigenvalue weighted by atomic mass is 9.83. The number of aliphatic hydroxyl groups excluding tert-OH is 1. The van der Waals surface area contributed by atoms with E-state index < -0.39 is 6.10 Å². The van der Waals surface area contributed by atoms with Crippen molar-refractivity contribution in [3.8, 4) is 0 Å². The minimum absolute atomic E-state index is 0.142. The van der Waals surface area contributed by atoms with Gasteiger partial charge in [0.25, 0.3) is 0 Å². The fourth-order valence-corrected chi connectivity index (χ4v) is 1.51. The predicted octanol–water partition coefficient (Wildman–Crippen LogP) is 1.29. The Labute approximate surface area is 79.2 Å². The molecule has 1 unspecified atom stereocenters. The number of aromatic amines is 1. The Kier molecular flexibility index (Phi) is 3.12. The molecule has 13 heavy (non-hydrogen) atoms. The van der Waals surface area contributed by atoms with Gasteiger partial charge in [0, 0.05) is 24.4 Å². The number of hydrogen-bond donors (Lipinski definition) is 3. The van der Waals surface area contributed by atoms with Crippen molar-refractivity contribution in [2.45, 2.75) is 20.0 Å².